The van der Waals surface area contributed by atoms with Crippen molar-refractivity contribution in [2.75, 3.05) is 13.2 Å². The highest BCUT2D eigenvalue weighted by molar-refractivity contribution is 5.81. The molecule has 0 aliphatic heterocycles. The Balaban J connectivity index is 3.09. The van der Waals surface area contributed by atoms with E-state index in [2.05, 4.69) is 4.74 Å². The number of hydrogen-bond donors (Lipinski definition) is 1. The van der Waals surface area contributed by atoms with Crippen LogP contribution in [0.1, 0.15) is 12.5 Å². The first-order chi connectivity index (χ1) is 7.54. The van der Waals surface area contributed by atoms with Crippen LogP contribution in [0.25, 0.3) is 0 Å². The average molecular weight is 229 g/mol. The molecule has 1 unspecified atom stereocenters. The lowest BCUT2D eigenvalue weighted by Gasteiger charge is -2.21. The Morgan fingerprint density at radius 1 is 1.56 bits per heavy atom. The molecular weight excluding hydrogens is 216 g/mol. The van der Waals surface area contributed by atoms with Gasteiger partial charge in [0.1, 0.15) is 5.82 Å². The van der Waals surface area contributed by atoms with Gasteiger partial charge in [-0.1, -0.05) is 12.1 Å². The number of carbonyl (C=O) groups is 1. The van der Waals surface area contributed by atoms with Crippen LogP contribution in [-0.2, 0) is 15.2 Å². The second-order valence-corrected chi connectivity index (χ2v) is 3.24. The standard InChI is InChI=1S/C11H13F2NO2/c1-2-16-10(15)11(13,7-14)8-4-3-5-9(12)6-8/h3-6H,2,7,14H2,1H3. The Kier molecular flexibility index (Phi) is 3.95. The zero-order chi connectivity index (χ0) is 12.2. The predicted molar refractivity (Wildman–Crippen MR) is 54.9 cm³/mol. The molecule has 1 aromatic carbocycles. The molecule has 0 fully saturated rings. The Bertz CT molecular complexity index is 384. The number of ether oxygens (including phenoxy) is 1. The van der Waals surface area contributed by atoms with Gasteiger partial charge in [0.15, 0.2) is 0 Å². The van der Waals surface area contributed by atoms with E-state index < -0.39 is 24.0 Å². The molecule has 0 heterocycles. The molecule has 2 N–H and O–H groups in total. The summed E-state index contributed by atoms with van der Waals surface area (Å²) in [5, 5.41) is 0. The Morgan fingerprint density at radius 2 is 2.25 bits per heavy atom. The van der Waals surface area contributed by atoms with Crippen molar-refractivity contribution in [1.82, 2.24) is 0 Å². The number of carbonyl (C=O) groups excluding carboxylic acids is 1. The van der Waals surface area contributed by atoms with Gasteiger partial charge in [0, 0.05) is 12.1 Å². The van der Waals surface area contributed by atoms with Crippen LogP contribution in [0, 0.1) is 5.82 Å². The molecule has 0 bridgehead atoms. The van der Waals surface area contributed by atoms with E-state index in [1.165, 1.54) is 12.1 Å². The maximum absolute atomic E-state index is 14.2. The smallest absolute Gasteiger partial charge is 0.349 e. The van der Waals surface area contributed by atoms with Gasteiger partial charge in [0.25, 0.3) is 0 Å². The summed E-state index contributed by atoms with van der Waals surface area (Å²) in [5.41, 5.74) is 2.60. The number of benzene rings is 1. The first kappa shape index (κ1) is 12.6. The van der Waals surface area contributed by atoms with E-state index in [9.17, 15) is 13.6 Å². The molecule has 3 nitrogen and oxygen atoms in total. The van der Waals surface area contributed by atoms with Gasteiger partial charge in [-0.05, 0) is 19.1 Å². The summed E-state index contributed by atoms with van der Waals surface area (Å²) in [6.45, 7) is 1.01. The van der Waals surface area contributed by atoms with Gasteiger partial charge in [0.05, 0.1) is 6.61 Å². The molecule has 0 aromatic heterocycles. The van der Waals surface area contributed by atoms with E-state index in [0.717, 1.165) is 12.1 Å². The number of halogens is 2. The maximum atomic E-state index is 14.2. The number of esters is 1. The van der Waals surface area contributed by atoms with Crippen molar-refractivity contribution in [2.45, 2.75) is 12.6 Å². The normalized spacial score (nSPS) is 14.2. The summed E-state index contributed by atoms with van der Waals surface area (Å²) >= 11 is 0. The van der Waals surface area contributed by atoms with E-state index in [0.29, 0.717) is 0 Å². The third kappa shape index (κ3) is 2.36. The van der Waals surface area contributed by atoms with Crippen molar-refractivity contribution in [3.8, 4) is 0 Å². The van der Waals surface area contributed by atoms with Gasteiger partial charge < -0.3 is 10.5 Å². The van der Waals surface area contributed by atoms with Gasteiger partial charge in [-0.2, -0.15) is 0 Å². The van der Waals surface area contributed by atoms with Crippen molar-refractivity contribution in [2.24, 2.45) is 5.73 Å². The molecule has 1 rings (SSSR count). The first-order valence-corrected chi connectivity index (χ1v) is 4.87. The van der Waals surface area contributed by atoms with Crippen molar-refractivity contribution >= 4 is 5.97 Å². The maximum Gasteiger partial charge on any atom is 0.349 e. The number of alkyl halides is 1. The van der Waals surface area contributed by atoms with Gasteiger partial charge in [-0.25, -0.2) is 13.6 Å². The summed E-state index contributed by atoms with van der Waals surface area (Å²) in [6, 6.07) is 4.70. The van der Waals surface area contributed by atoms with Crippen molar-refractivity contribution in [3.63, 3.8) is 0 Å². The molecule has 1 atom stereocenters. The van der Waals surface area contributed by atoms with Crippen LogP contribution in [0.5, 0.6) is 0 Å². The van der Waals surface area contributed by atoms with E-state index in [-0.39, 0.29) is 12.2 Å². The molecule has 16 heavy (non-hydrogen) atoms. The minimum Gasteiger partial charge on any atom is -0.463 e. The summed E-state index contributed by atoms with van der Waals surface area (Å²) < 4.78 is 31.7. The molecule has 0 spiro atoms. The Morgan fingerprint density at radius 3 is 2.75 bits per heavy atom. The number of rotatable bonds is 4. The highest BCUT2D eigenvalue weighted by Gasteiger charge is 2.41. The quantitative estimate of drug-likeness (QED) is 0.796. The Labute approximate surface area is 92.2 Å². The van der Waals surface area contributed by atoms with Crippen LogP contribution >= 0.6 is 0 Å². The van der Waals surface area contributed by atoms with Crippen molar-refractivity contribution < 1.29 is 18.3 Å². The molecule has 5 heteroatoms. The van der Waals surface area contributed by atoms with E-state index >= 15 is 0 Å². The molecule has 0 radical (unpaired) electrons. The SMILES string of the molecule is CCOC(=O)C(F)(CN)c1cccc(F)c1. The summed E-state index contributed by atoms with van der Waals surface area (Å²) in [6.07, 6.45) is 0. The van der Waals surface area contributed by atoms with Gasteiger partial charge in [-0.3, -0.25) is 0 Å². The van der Waals surface area contributed by atoms with E-state index in [1.54, 1.807) is 6.92 Å². The molecule has 0 aliphatic rings. The molecule has 0 saturated heterocycles. The van der Waals surface area contributed by atoms with E-state index in [1.807, 2.05) is 0 Å². The van der Waals surface area contributed by atoms with Gasteiger partial charge >= 0.3 is 5.97 Å². The monoisotopic (exact) mass is 229 g/mol. The number of hydrogen-bond acceptors (Lipinski definition) is 3. The summed E-state index contributed by atoms with van der Waals surface area (Å²) in [4.78, 5) is 11.4. The van der Waals surface area contributed by atoms with Crippen LogP contribution in [0.4, 0.5) is 8.78 Å². The molecular formula is C11H13F2NO2. The molecule has 0 amide bonds. The van der Waals surface area contributed by atoms with E-state index in [4.69, 9.17) is 5.73 Å². The lowest BCUT2D eigenvalue weighted by Crippen LogP contribution is -2.40. The lowest BCUT2D eigenvalue weighted by atomic mass is 9.96. The molecule has 88 valence electrons. The van der Waals surface area contributed by atoms with Crippen LogP contribution in [0.3, 0.4) is 0 Å². The highest BCUT2D eigenvalue weighted by Crippen LogP contribution is 2.27. The fourth-order valence-electron chi connectivity index (χ4n) is 1.30. The molecule has 0 aliphatic carbocycles. The first-order valence-electron chi connectivity index (χ1n) is 4.87. The highest BCUT2D eigenvalue weighted by atomic mass is 19.1. The minimum atomic E-state index is -2.49. The summed E-state index contributed by atoms with van der Waals surface area (Å²) in [7, 11) is 0. The number of nitrogens with two attached hydrogens (primary N) is 1. The van der Waals surface area contributed by atoms with Crippen LogP contribution in [-0.4, -0.2) is 19.1 Å². The summed E-state index contributed by atoms with van der Waals surface area (Å²) in [5.74, 6) is -1.72. The zero-order valence-corrected chi connectivity index (χ0v) is 8.87. The van der Waals surface area contributed by atoms with Gasteiger partial charge in [-0.15, -0.1) is 0 Å². The van der Waals surface area contributed by atoms with Crippen molar-refractivity contribution in [1.29, 1.82) is 0 Å². The van der Waals surface area contributed by atoms with Crippen molar-refractivity contribution in [3.05, 3.63) is 35.6 Å². The minimum absolute atomic E-state index is 0.0415. The molecule has 0 saturated carbocycles. The van der Waals surface area contributed by atoms with Gasteiger partial charge in [0.2, 0.25) is 5.67 Å². The fourth-order valence-corrected chi connectivity index (χ4v) is 1.30. The predicted octanol–water partition coefficient (Wildman–Crippen LogP) is 1.51. The fraction of sp³-hybridized carbons (Fsp3) is 0.364. The third-order valence-corrected chi connectivity index (χ3v) is 2.16. The lowest BCUT2D eigenvalue weighted by molar-refractivity contribution is -0.157. The van der Waals surface area contributed by atoms with Crippen LogP contribution < -0.4 is 5.73 Å². The second kappa shape index (κ2) is 5.03. The third-order valence-electron chi connectivity index (χ3n) is 2.16. The topological polar surface area (TPSA) is 52.3 Å². The Hall–Kier alpha value is -1.49. The van der Waals surface area contributed by atoms with Crippen LogP contribution in [0.15, 0.2) is 24.3 Å². The zero-order valence-electron chi connectivity index (χ0n) is 8.87. The molecule has 1 aromatic rings. The largest absolute Gasteiger partial charge is 0.463 e. The van der Waals surface area contributed by atoms with Crippen LogP contribution in [0.2, 0.25) is 0 Å². The second-order valence-electron chi connectivity index (χ2n) is 3.24. The average Bonchev–Trinajstić information content (AvgIpc) is 2.28.